The van der Waals surface area contributed by atoms with Crippen molar-refractivity contribution in [1.82, 2.24) is 4.90 Å². The van der Waals surface area contributed by atoms with Gasteiger partial charge in [0, 0.05) is 37.9 Å². The van der Waals surface area contributed by atoms with Gasteiger partial charge in [0.05, 0.1) is 5.39 Å². The molecular weight excluding hydrogens is 272 g/mol. The first-order chi connectivity index (χ1) is 10.0. The van der Waals surface area contributed by atoms with Gasteiger partial charge in [-0.25, -0.2) is 4.79 Å². The minimum atomic E-state index is -1.24. The zero-order valence-electron chi connectivity index (χ0n) is 11.7. The van der Waals surface area contributed by atoms with Crippen molar-refractivity contribution in [1.29, 1.82) is 0 Å². The maximum atomic E-state index is 12.0. The number of carboxylic acids is 1. The van der Waals surface area contributed by atoms with E-state index in [1.54, 1.807) is 12.1 Å². The van der Waals surface area contributed by atoms with Crippen LogP contribution in [0.3, 0.4) is 0 Å². The van der Waals surface area contributed by atoms with Gasteiger partial charge in [-0.3, -0.25) is 4.79 Å². The van der Waals surface area contributed by atoms with Gasteiger partial charge in [-0.05, 0) is 25.2 Å². The maximum absolute atomic E-state index is 12.0. The summed E-state index contributed by atoms with van der Waals surface area (Å²) in [6.07, 6.45) is 0. The molecule has 21 heavy (non-hydrogen) atoms. The molecule has 1 aromatic heterocycles. The first kappa shape index (κ1) is 13.6. The van der Waals surface area contributed by atoms with Gasteiger partial charge in [0.25, 0.3) is 0 Å². The summed E-state index contributed by atoms with van der Waals surface area (Å²) in [7, 11) is 2.08. The van der Waals surface area contributed by atoms with Crippen LogP contribution in [0.15, 0.2) is 33.5 Å². The molecule has 1 N–H and O–H groups in total. The third kappa shape index (κ3) is 2.62. The monoisotopic (exact) mass is 288 g/mol. The SMILES string of the molecule is CN1CCN(c2ccc3oc(C(=O)O)cc(=O)c3c2)CC1. The summed E-state index contributed by atoms with van der Waals surface area (Å²) in [5.74, 6) is -1.57. The van der Waals surface area contributed by atoms with E-state index in [1.807, 2.05) is 6.07 Å². The number of hydrogen-bond donors (Lipinski definition) is 1. The lowest BCUT2D eigenvalue weighted by Crippen LogP contribution is -2.44. The molecule has 1 aliphatic heterocycles. The molecular formula is C15H16N2O4. The van der Waals surface area contributed by atoms with E-state index in [0.717, 1.165) is 37.9 Å². The molecule has 0 bridgehead atoms. The number of hydrogen-bond acceptors (Lipinski definition) is 5. The van der Waals surface area contributed by atoms with Gasteiger partial charge in [-0.1, -0.05) is 0 Å². The lowest BCUT2D eigenvalue weighted by molar-refractivity contribution is 0.0663. The molecule has 1 saturated heterocycles. The third-order valence-corrected chi connectivity index (χ3v) is 3.79. The first-order valence-corrected chi connectivity index (χ1v) is 6.79. The molecule has 0 unspecified atom stereocenters. The quantitative estimate of drug-likeness (QED) is 0.896. The Labute approximate surface area is 121 Å². The molecule has 2 heterocycles. The van der Waals surface area contributed by atoms with Crippen LogP contribution in [0.1, 0.15) is 10.6 Å². The highest BCUT2D eigenvalue weighted by atomic mass is 16.4. The van der Waals surface area contributed by atoms with Crippen molar-refractivity contribution >= 4 is 22.6 Å². The second-order valence-corrected chi connectivity index (χ2v) is 5.25. The molecule has 0 aliphatic carbocycles. The van der Waals surface area contributed by atoms with Gasteiger partial charge in [0.2, 0.25) is 5.76 Å². The van der Waals surface area contributed by atoms with Gasteiger partial charge in [-0.15, -0.1) is 0 Å². The number of nitrogens with zero attached hydrogens (tertiary/aromatic N) is 2. The fourth-order valence-electron chi connectivity index (χ4n) is 2.51. The van der Waals surface area contributed by atoms with Crippen molar-refractivity contribution < 1.29 is 14.3 Å². The van der Waals surface area contributed by atoms with E-state index in [9.17, 15) is 9.59 Å². The van der Waals surface area contributed by atoms with E-state index in [2.05, 4.69) is 16.8 Å². The molecule has 6 heteroatoms. The lowest BCUT2D eigenvalue weighted by atomic mass is 10.1. The third-order valence-electron chi connectivity index (χ3n) is 3.79. The summed E-state index contributed by atoms with van der Waals surface area (Å²) in [5.41, 5.74) is 0.938. The van der Waals surface area contributed by atoms with Gasteiger partial charge < -0.3 is 19.3 Å². The lowest BCUT2D eigenvalue weighted by Gasteiger charge is -2.34. The molecule has 3 rings (SSSR count). The average Bonchev–Trinajstić information content (AvgIpc) is 2.47. The molecule has 1 fully saturated rings. The summed E-state index contributed by atoms with van der Waals surface area (Å²) >= 11 is 0. The molecule has 2 aromatic rings. The Hall–Kier alpha value is -2.34. The van der Waals surface area contributed by atoms with E-state index in [4.69, 9.17) is 9.52 Å². The molecule has 0 radical (unpaired) electrons. The Balaban J connectivity index is 2.01. The predicted octanol–water partition coefficient (Wildman–Crippen LogP) is 1.24. The van der Waals surface area contributed by atoms with Crippen molar-refractivity contribution in [2.24, 2.45) is 0 Å². The van der Waals surface area contributed by atoms with Gasteiger partial charge in [-0.2, -0.15) is 0 Å². The Bertz CT molecular complexity index is 745. The summed E-state index contributed by atoms with van der Waals surface area (Å²) in [6.45, 7) is 3.76. The summed E-state index contributed by atoms with van der Waals surface area (Å²) in [5, 5.41) is 9.32. The van der Waals surface area contributed by atoms with E-state index >= 15 is 0 Å². The van der Waals surface area contributed by atoms with Crippen LogP contribution in [0.2, 0.25) is 0 Å². The molecule has 0 spiro atoms. The van der Waals surface area contributed by atoms with Crippen molar-refractivity contribution in [2.75, 3.05) is 38.1 Å². The van der Waals surface area contributed by atoms with Crippen molar-refractivity contribution in [2.45, 2.75) is 0 Å². The number of piperazine rings is 1. The molecule has 1 aromatic carbocycles. The number of aromatic carboxylic acids is 1. The van der Waals surface area contributed by atoms with Crippen LogP contribution in [0.5, 0.6) is 0 Å². The van der Waals surface area contributed by atoms with Crippen LogP contribution in [0, 0.1) is 0 Å². The minimum Gasteiger partial charge on any atom is -0.475 e. The van der Waals surface area contributed by atoms with Gasteiger partial charge in [0.15, 0.2) is 5.43 Å². The fourth-order valence-corrected chi connectivity index (χ4v) is 2.51. The normalized spacial score (nSPS) is 16.3. The number of rotatable bonds is 2. The van der Waals surface area contributed by atoms with E-state index < -0.39 is 5.97 Å². The van der Waals surface area contributed by atoms with Crippen LogP contribution in [0.4, 0.5) is 5.69 Å². The highest BCUT2D eigenvalue weighted by Gasteiger charge is 2.16. The molecule has 0 saturated carbocycles. The predicted molar refractivity (Wildman–Crippen MR) is 79.2 cm³/mol. The topological polar surface area (TPSA) is 74.0 Å². The number of carbonyl (C=O) groups is 1. The van der Waals surface area contributed by atoms with Gasteiger partial charge >= 0.3 is 5.97 Å². The molecule has 1 aliphatic rings. The van der Waals surface area contributed by atoms with Crippen LogP contribution in [0.25, 0.3) is 11.0 Å². The Morgan fingerprint density at radius 1 is 1.19 bits per heavy atom. The number of anilines is 1. The van der Waals surface area contributed by atoms with Crippen LogP contribution in [-0.4, -0.2) is 49.2 Å². The smallest absolute Gasteiger partial charge is 0.371 e. The summed E-state index contributed by atoms with van der Waals surface area (Å²) in [6, 6.07) is 6.33. The van der Waals surface area contributed by atoms with Gasteiger partial charge in [0.1, 0.15) is 5.58 Å². The molecule has 0 amide bonds. The maximum Gasteiger partial charge on any atom is 0.371 e. The molecule has 110 valence electrons. The highest BCUT2D eigenvalue weighted by molar-refractivity contribution is 5.88. The molecule has 0 atom stereocenters. The largest absolute Gasteiger partial charge is 0.475 e. The second kappa shape index (κ2) is 5.21. The average molecular weight is 288 g/mol. The summed E-state index contributed by atoms with van der Waals surface area (Å²) < 4.78 is 5.24. The Morgan fingerprint density at radius 3 is 2.57 bits per heavy atom. The summed E-state index contributed by atoms with van der Waals surface area (Å²) in [4.78, 5) is 27.4. The van der Waals surface area contributed by atoms with Crippen LogP contribution < -0.4 is 10.3 Å². The number of benzene rings is 1. The van der Waals surface area contributed by atoms with E-state index in [-0.39, 0.29) is 11.2 Å². The second-order valence-electron chi connectivity index (χ2n) is 5.25. The Kier molecular flexibility index (Phi) is 3.39. The first-order valence-electron chi connectivity index (χ1n) is 6.79. The zero-order valence-corrected chi connectivity index (χ0v) is 11.7. The van der Waals surface area contributed by atoms with Crippen LogP contribution in [-0.2, 0) is 0 Å². The van der Waals surface area contributed by atoms with Crippen molar-refractivity contribution in [3.05, 3.63) is 40.2 Å². The van der Waals surface area contributed by atoms with E-state index in [0.29, 0.717) is 11.0 Å². The number of fused-ring (bicyclic) bond motifs is 1. The fraction of sp³-hybridized carbons (Fsp3) is 0.333. The van der Waals surface area contributed by atoms with Crippen LogP contribution >= 0.6 is 0 Å². The number of carboxylic acid groups (broad SMARTS) is 1. The van der Waals surface area contributed by atoms with E-state index in [1.165, 1.54) is 0 Å². The highest BCUT2D eigenvalue weighted by Crippen LogP contribution is 2.22. The minimum absolute atomic E-state index is 0.303. The standard InChI is InChI=1S/C15H16N2O4/c1-16-4-6-17(7-5-16)10-2-3-13-11(8-10)12(18)9-14(21-13)15(19)20/h2-3,8-9H,4-7H2,1H3,(H,19,20). The molecule has 6 nitrogen and oxygen atoms in total. The zero-order chi connectivity index (χ0) is 15.0. The van der Waals surface area contributed by atoms with Crippen molar-refractivity contribution in [3.8, 4) is 0 Å². The number of likely N-dealkylation sites (N-methyl/N-ethyl adjacent to an activating group) is 1. The Morgan fingerprint density at radius 2 is 1.90 bits per heavy atom. The van der Waals surface area contributed by atoms with Crippen molar-refractivity contribution in [3.63, 3.8) is 0 Å².